The maximum atomic E-state index is 12.3. The van der Waals surface area contributed by atoms with Crippen LogP contribution >= 0.6 is 23.2 Å². The van der Waals surface area contributed by atoms with Crippen molar-refractivity contribution in [3.05, 3.63) is 99.0 Å². The number of methoxy groups -OCH3 is 1. The lowest BCUT2D eigenvalue weighted by Gasteiger charge is -2.12. The number of ketones is 1. The molecule has 0 aromatic heterocycles. The Bertz CT molecular complexity index is 1040. The Morgan fingerprint density at radius 3 is 2.38 bits per heavy atom. The predicted octanol–water partition coefficient (Wildman–Crippen LogP) is 6.79. The highest BCUT2D eigenvalue weighted by atomic mass is 35.5. The lowest BCUT2D eigenvalue weighted by Crippen LogP contribution is -2.00. The molecule has 0 fully saturated rings. The Balaban J connectivity index is 1.75. The van der Waals surface area contributed by atoms with Crippen LogP contribution in [0.5, 0.6) is 11.5 Å². The fraction of sp³-hybridized carbons (Fsp3) is 0.125. The first-order chi connectivity index (χ1) is 14.0. The molecule has 3 nitrogen and oxygen atoms in total. The zero-order valence-electron chi connectivity index (χ0n) is 16.1. The molecule has 0 aliphatic heterocycles. The highest BCUT2D eigenvalue weighted by Gasteiger charge is 2.08. The maximum absolute atomic E-state index is 12.3. The molecule has 0 saturated carbocycles. The van der Waals surface area contributed by atoms with Crippen molar-refractivity contribution in [2.45, 2.75) is 13.5 Å². The van der Waals surface area contributed by atoms with Gasteiger partial charge in [0.15, 0.2) is 5.78 Å². The van der Waals surface area contributed by atoms with Gasteiger partial charge >= 0.3 is 0 Å². The lowest BCUT2D eigenvalue weighted by atomic mass is 10.1. The van der Waals surface area contributed by atoms with Crippen molar-refractivity contribution in [2.24, 2.45) is 0 Å². The molecule has 0 bridgehead atoms. The molecular weight excluding hydrogens is 407 g/mol. The van der Waals surface area contributed by atoms with Gasteiger partial charge in [-0.25, -0.2) is 0 Å². The molecule has 5 heteroatoms. The summed E-state index contributed by atoms with van der Waals surface area (Å²) in [4.78, 5) is 12.3. The van der Waals surface area contributed by atoms with E-state index in [0.717, 1.165) is 16.7 Å². The molecule has 0 amide bonds. The van der Waals surface area contributed by atoms with E-state index in [1.54, 1.807) is 37.5 Å². The number of carbonyl (C=O) groups excluding carboxylic acids is 1. The largest absolute Gasteiger partial charge is 0.496 e. The number of allylic oxidation sites excluding steroid dienone is 1. The van der Waals surface area contributed by atoms with E-state index in [-0.39, 0.29) is 5.78 Å². The zero-order chi connectivity index (χ0) is 20.8. The first kappa shape index (κ1) is 21.0. The van der Waals surface area contributed by atoms with Gasteiger partial charge in [0, 0.05) is 16.1 Å². The number of carbonyl (C=O) groups is 1. The van der Waals surface area contributed by atoms with E-state index in [1.807, 2.05) is 43.3 Å². The van der Waals surface area contributed by atoms with Crippen LogP contribution in [0.25, 0.3) is 6.08 Å². The standard InChI is InChI=1S/C24H20Cl2O3/c1-16-3-11-24(21(26)13-16)29-15-19-14-17(5-12-23(19)28-2)4-10-22(27)18-6-8-20(25)9-7-18/h3-14H,15H2,1-2H3/b10-4+. The highest BCUT2D eigenvalue weighted by molar-refractivity contribution is 6.32. The minimum Gasteiger partial charge on any atom is -0.496 e. The number of hydrogen-bond acceptors (Lipinski definition) is 3. The minimum absolute atomic E-state index is 0.0956. The van der Waals surface area contributed by atoms with Crippen molar-refractivity contribution in [3.63, 3.8) is 0 Å². The quantitative estimate of drug-likeness (QED) is 0.308. The van der Waals surface area contributed by atoms with Gasteiger partial charge in [-0.3, -0.25) is 4.79 Å². The van der Waals surface area contributed by atoms with Gasteiger partial charge in [0.25, 0.3) is 0 Å². The first-order valence-electron chi connectivity index (χ1n) is 9.00. The van der Waals surface area contributed by atoms with Crippen LogP contribution in [-0.4, -0.2) is 12.9 Å². The van der Waals surface area contributed by atoms with Gasteiger partial charge < -0.3 is 9.47 Å². The summed E-state index contributed by atoms with van der Waals surface area (Å²) in [5.41, 5.74) is 3.36. The summed E-state index contributed by atoms with van der Waals surface area (Å²) in [6, 6.07) is 18.1. The number of benzene rings is 3. The molecule has 0 N–H and O–H groups in total. The van der Waals surface area contributed by atoms with Crippen molar-refractivity contribution >= 4 is 35.1 Å². The molecule has 148 valence electrons. The van der Waals surface area contributed by atoms with Crippen molar-refractivity contribution < 1.29 is 14.3 Å². The van der Waals surface area contributed by atoms with Gasteiger partial charge in [-0.1, -0.05) is 41.4 Å². The third kappa shape index (κ3) is 5.63. The van der Waals surface area contributed by atoms with Crippen LogP contribution in [0.15, 0.2) is 66.7 Å². The van der Waals surface area contributed by atoms with Crippen LogP contribution in [0.1, 0.15) is 27.0 Å². The van der Waals surface area contributed by atoms with E-state index in [2.05, 4.69) is 0 Å². The number of halogens is 2. The molecule has 0 aliphatic rings. The Morgan fingerprint density at radius 1 is 0.966 bits per heavy atom. The van der Waals surface area contributed by atoms with E-state index in [1.165, 1.54) is 6.08 Å². The van der Waals surface area contributed by atoms with Gasteiger partial charge in [-0.15, -0.1) is 0 Å². The minimum atomic E-state index is -0.0956. The molecule has 3 aromatic rings. The first-order valence-corrected chi connectivity index (χ1v) is 9.75. The Morgan fingerprint density at radius 2 is 1.69 bits per heavy atom. The molecule has 0 aliphatic carbocycles. The average Bonchev–Trinajstić information content (AvgIpc) is 2.72. The van der Waals surface area contributed by atoms with E-state index >= 15 is 0 Å². The van der Waals surface area contributed by atoms with Gasteiger partial charge in [0.2, 0.25) is 0 Å². The second-order valence-corrected chi connectivity index (χ2v) is 7.34. The highest BCUT2D eigenvalue weighted by Crippen LogP contribution is 2.28. The zero-order valence-corrected chi connectivity index (χ0v) is 17.6. The molecule has 0 atom stereocenters. The van der Waals surface area contributed by atoms with Crippen molar-refractivity contribution in [1.29, 1.82) is 0 Å². The van der Waals surface area contributed by atoms with E-state index in [9.17, 15) is 4.79 Å². The number of hydrogen-bond donors (Lipinski definition) is 0. The molecule has 0 spiro atoms. The second kappa shape index (κ2) is 9.64. The number of rotatable bonds is 7. The van der Waals surface area contributed by atoms with Crippen molar-refractivity contribution in [2.75, 3.05) is 7.11 Å². The monoisotopic (exact) mass is 426 g/mol. The smallest absolute Gasteiger partial charge is 0.185 e. The number of aryl methyl sites for hydroxylation is 1. The van der Waals surface area contributed by atoms with Gasteiger partial charge in [0.1, 0.15) is 18.1 Å². The third-order valence-corrected chi connectivity index (χ3v) is 4.88. The van der Waals surface area contributed by atoms with Crippen LogP contribution in [0, 0.1) is 6.92 Å². The molecule has 0 radical (unpaired) electrons. The van der Waals surface area contributed by atoms with Crippen molar-refractivity contribution in [1.82, 2.24) is 0 Å². The van der Waals surface area contributed by atoms with Crippen LogP contribution in [-0.2, 0) is 6.61 Å². The van der Waals surface area contributed by atoms with Crippen LogP contribution in [0.2, 0.25) is 10.0 Å². The fourth-order valence-corrected chi connectivity index (χ4v) is 3.19. The summed E-state index contributed by atoms with van der Waals surface area (Å²) in [5, 5.41) is 1.16. The maximum Gasteiger partial charge on any atom is 0.185 e. The number of ether oxygens (including phenoxy) is 2. The van der Waals surface area contributed by atoms with Gasteiger partial charge in [-0.05, 0) is 72.7 Å². The molecule has 3 rings (SSSR count). The molecular formula is C24H20Cl2O3. The van der Waals surface area contributed by atoms with Crippen molar-refractivity contribution in [3.8, 4) is 11.5 Å². The summed E-state index contributed by atoms with van der Waals surface area (Å²) < 4.78 is 11.3. The molecule has 3 aromatic carbocycles. The predicted molar refractivity (Wildman–Crippen MR) is 118 cm³/mol. The van der Waals surface area contributed by atoms with E-state index in [4.69, 9.17) is 32.7 Å². The van der Waals surface area contributed by atoms with Crippen LogP contribution in [0.4, 0.5) is 0 Å². The lowest BCUT2D eigenvalue weighted by molar-refractivity contribution is 0.104. The Labute approximate surface area is 180 Å². The summed E-state index contributed by atoms with van der Waals surface area (Å²) >= 11 is 12.1. The van der Waals surface area contributed by atoms with E-state index < -0.39 is 0 Å². The summed E-state index contributed by atoms with van der Waals surface area (Å²) in [5.74, 6) is 1.22. The third-order valence-electron chi connectivity index (χ3n) is 4.33. The molecule has 29 heavy (non-hydrogen) atoms. The average molecular weight is 427 g/mol. The molecule has 0 unspecified atom stereocenters. The summed E-state index contributed by atoms with van der Waals surface area (Å²) in [6.07, 6.45) is 3.30. The topological polar surface area (TPSA) is 35.5 Å². The second-order valence-electron chi connectivity index (χ2n) is 6.50. The van der Waals surface area contributed by atoms with Gasteiger partial charge in [0.05, 0.1) is 12.1 Å². The Hall–Kier alpha value is -2.75. The normalized spacial score (nSPS) is 10.9. The molecule has 0 heterocycles. The van der Waals surface area contributed by atoms with E-state index in [0.29, 0.717) is 33.7 Å². The van der Waals surface area contributed by atoms with Crippen LogP contribution < -0.4 is 9.47 Å². The van der Waals surface area contributed by atoms with Crippen LogP contribution in [0.3, 0.4) is 0 Å². The SMILES string of the molecule is COc1ccc(/C=C/C(=O)c2ccc(Cl)cc2)cc1COc1ccc(C)cc1Cl. The fourth-order valence-electron chi connectivity index (χ4n) is 2.78. The Kier molecular flexibility index (Phi) is 6.97. The molecule has 0 saturated heterocycles. The van der Waals surface area contributed by atoms with Gasteiger partial charge in [-0.2, -0.15) is 0 Å². The summed E-state index contributed by atoms with van der Waals surface area (Å²) in [7, 11) is 1.61. The summed E-state index contributed by atoms with van der Waals surface area (Å²) in [6.45, 7) is 2.26.